The standard InChI is InChI=1S/C18H18FN3O3/c1-25-18(24)15-4-2-3-14(21-15)11-22-10-9-20-17(23)16(22)12-5-7-13(19)8-6-12/h2-8,16H,9-11H2,1H3,(H,20,23)/t16-/m1/s1. The van der Waals surface area contributed by atoms with Crippen molar-refractivity contribution in [2.24, 2.45) is 0 Å². The lowest BCUT2D eigenvalue weighted by Gasteiger charge is -2.35. The van der Waals surface area contributed by atoms with Gasteiger partial charge < -0.3 is 10.1 Å². The molecule has 0 bridgehead atoms. The van der Waals surface area contributed by atoms with E-state index in [1.165, 1.54) is 19.2 Å². The highest BCUT2D eigenvalue weighted by Gasteiger charge is 2.31. The molecule has 1 aliphatic heterocycles. The number of carbonyl (C=O) groups is 2. The van der Waals surface area contributed by atoms with Crippen LogP contribution in [-0.4, -0.2) is 42.0 Å². The Morgan fingerprint density at radius 1 is 1.32 bits per heavy atom. The first-order valence-corrected chi connectivity index (χ1v) is 7.90. The lowest BCUT2D eigenvalue weighted by atomic mass is 10.0. The summed E-state index contributed by atoms with van der Waals surface area (Å²) in [6, 6.07) is 10.5. The summed E-state index contributed by atoms with van der Waals surface area (Å²) in [4.78, 5) is 30.2. The largest absolute Gasteiger partial charge is 0.464 e. The van der Waals surface area contributed by atoms with E-state index in [0.29, 0.717) is 30.9 Å². The minimum Gasteiger partial charge on any atom is -0.464 e. The number of nitrogens with zero attached hydrogens (tertiary/aromatic N) is 2. The Balaban J connectivity index is 1.85. The van der Waals surface area contributed by atoms with E-state index in [2.05, 4.69) is 15.0 Å². The SMILES string of the molecule is COC(=O)c1cccc(CN2CCNC(=O)[C@H]2c2ccc(F)cc2)n1. The normalized spacial score (nSPS) is 17.8. The molecule has 1 aliphatic rings. The Kier molecular flexibility index (Phi) is 5.04. The third-order valence-corrected chi connectivity index (χ3v) is 4.06. The molecule has 1 fully saturated rings. The molecule has 1 amide bonds. The minimum atomic E-state index is -0.530. The molecule has 6 nitrogen and oxygen atoms in total. The van der Waals surface area contributed by atoms with Gasteiger partial charge >= 0.3 is 5.97 Å². The summed E-state index contributed by atoms with van der Waals surface area (Å²) in [6.07, 6.45) is 0. The van der Waals surface area contributed by atoms with Crippen molar-refractivity contribution in [3.63, 3.8) is 0 Å². The molecule has 3 rings (SSSR count). The summed E-state index contributed by atoms with van der Waals surface area (Å²) >= 11 is 0. The van der Waals surface area contributed by atoms with Crippen molar-refractivity contribution in [3.8, 4) is 0 Å². The van der Waals surface area contributed by atoms with Crippen molar-refractivity contribution < 1.29 is 18.7 Å². The molecule has 1 aromatic carbocycles. The van der Waals surface area contributed by atoms with E-state index in [0.717, 1.165) is 0 Å². The van der Waals surface area contributed by atoms with E-state index in [1.807, 2.05) is 4.90 Å². The molecule has 7 heteroatoms. The van der Waals surface area contributed by atoms with Crippen molar-refractivity contribution in [1.29, 1.82) is 0 Å². The molecular weight excluding hydrogens is 325 g/mol. The van der Waals surface area contributed by atoms with E-state index < -0.39 is 12.0 Å². The fourth-order valence-corrected chi connectivity index (χ4v) is 2.89. The second-order valence-electron chi connectivity index (χ2n) is 5.72. The van der Waals surface area contributed by atoms with Crippen molar-refractivity contribution >= 4 is 11.9 Å². The molecule has 0 spiro atoms. The predicted octanol–water partition coefficient (Wildman–Crippen LogP) is 1.68. The third kappa shape index (κ3) is 3.83. The fraction of sp³-hybridized carbons (Fsp3) is 0.278. The van der Waals surface area contributed by atoms with Crippen LogP contribution >= 0.6 is 0 Å². The highest BCUT2D eigenvalue weighted by atomic mass is 19.1. The number of amides is 1. The van der Waals surface area contributed by atoms with E-state index in [-0.39, 0.29) is 17.4 Å². The molecular formula is C18H18FN3O3. The zero-order valence-corrected chi connectivity index (χ0v) is 13.7. The van der Waals surface area contributed by atoms with Crippen LogP contribution in [0.25, 0.3) is 0 Å². The molecule has 0 unspecified atom stereocenters. The first kappa shape index (κ1) is 17.0. The summed E-state index contributed by atoms with van der Waals surface area (Å²) in [7, 11) is 1.30. The molecule has 130 valence electrons. The zero-order valence-electron chi connectivity index (χ0n) is 13.7. The number of hydrogen-bond acceptors (Lipinski definition) is 5. The Morgan fingerprint density at radius 3 is 2.80 bits per heavy atom. The number of pyridine rings is 1. The Morgan fingerprint density at radius 2 is 2.08 bits per heavy atom. The number of piperazine rings is 1. The smallest absolute Gasteiger partial charge is 0.356 e. The predicted molar refractivity (Wildman–Crippen MR) is 88.1 cm³/mol. The number of aromatic nitrogens is 1. The van der Waals surface area contributed by atoms with Crippen LogP contribution < -0.4 is 5.32 Å². The number of nitrogens with one attached hydrogen (secondary N) is 1. The van der Waals surface area contributed by atoms with Crippen LogP contribution in [0, 0.1) is 5.82 Å². The van der Waals surface area contributed by atoms with Gasteiger partial charge in [-0.1, -0.05) is 18.2 Å². The highest BCUT2D eigenvalue weighted by molar-refractivity contribution is 5.87. The van der Waals surface area contributed by atoms with Crippen LogP contribution in [0.5, 0.6) is 0 Å². The molecule has 0 aliphatic carbocycles. The number of halogens is 1. The molecule has 0 radical (unpaired) electrons. The van der Waals surface area contributed by atoms with Crippen molar-refractivity contribution in [2.45, 2.75) is 12.6 Å². The van der Waals surface area contributed by atoms with Gasteiger partial charge in [-0.25, -0.2) is 14.2 Å². The van der Waals surface area contributed by atoms with E-state index in [4.69, 9.17) is 0 Å². The average molecular weight is 343 g/mol. The van der Waals surface area contributed by atoms with Crippen molar-refractivity contribution in [3.05, 3.63) is 65.2 Å². The first-order chi connectivity index (χ1) is 12.1. The maximum Gasteiger partial charge on any atom is 0.356 e. The molecule has 1 N–H and O–H groups in total. The van der Waals surface area contributed by atoms with Crippen LogP contribution in [0.3, 0.4) is 0 Å². The number of hydrogen-bond donors (Lipinski definition) is 1. The summed E-state index contributed by atoms with van der Waals surface area (Å²) in [6.45, 7) is 1.53. The lowest BCUT2D eigenvalue weighted by molar-refractivity contribution is -0.129. The summed E-state index contributed by atoms with van der Waals surface area (Å²) < 4.78 is 17.9. The molecule has 0 saturated carbocycles. The van der Waals surface area contributed by atoms with Gasteiger partial charge in [-0.15, -0.1) is 0 Å². The van der Waals surface area contributed by atoms with Gasteiger partial charge in [0, 0.05) is 19.6 Å². The van der Waals surface area contributed by atoms with Gasteiger partial charge in [-0.3, -0.25) is 9.69 Å². The number of methoxy groups -OCH3 is 1. The average Bonchev–Trinajstić information content (AvgIpc) is 2.62. The van der Waals surface area contributed by atoms with Crippen LogP contribution in [0.1, 0.15) is 27.8 Å². The van der Waals surface area contributed by atoms with Crippen LogP contribution in [0.15, 0.2) is 42.5 Å². The maximum atomic E-state index is 13.2. The van der Waals surface area contributed by atoms with E-state index in [1.54, 1.807) is 30.3 Å². The van der Waals surface area contributed by atoms with Gasteiger partial charge in [-0.2, -0.15) is 0 Å². The van der Waals surface area contributed by atoms with Gasteiger partial charge in [0.15, 0.2) is 0 Å². The molecule has 1 aromatic heterocycles. The number of esters is 1. The Labute approximate surface area is 144 Å². The molecule has 1 saturated heterocycles. The van der Waals surface area contributed by atoms with Gasteiger partial charge in [0.1, 0.15) is 17.6 Å². The summed E-state index contributed by atoms with van der Waals surface area (Å²) in [5.74, 6) is -0.991. The molecule has 1 atom stereocenters. The minimum absolute atomic E-state index is 0.137. The number of benzene rings is 1. The van der Waals surface area contributed by atoms with E-state index >= 15 is 0 Å². The second kappa shape index (κ2) is 7.40. The number of rotatable bonds is 4. The zero-order chi connectivity index (χ0) is 17.8. The van der Waals surface area contributed by atoms with Gasteiger partial charge in [0.05, 0.1) is 12.8 Å². The number of ether oxygens (including phenoxy) is 1. The van der Waals surface area contributed by atoms with Crippen LogP contribution in [-0.2, 0) is 16.1 Å². The molecule has 2 heterocycles. The maximum absolute atomic E-state index is 13.2. The first-order valence-electron chi connectivity index (χ1n) is 7.90. The second-order valence-corrected chi connectivity index (χ2v) is 5.72. The van der Waals surface area contributed by atoms with E-state index in [9.17, 15) is 14.0 Å². The number of carbonyl (C=O) groups excluding carboxylic acids is 2. The van der Waals surface area contributed by atoms with Gasteiger partial charge in [-0.05, 0) is 29.8 Å². The lowest BCUT2D eigenvalue weighted by Crippen LogP contribution is -2.49. The van der Waals surface area contributed by atoms with Crippen molar-refractivity contribution in [2.75, 3.05) is 20.2 Å². The fourth-order valence-electron chi connectivity index (χ4n) is 2.89. The summed E-state index contributed by atoms with van der Waals surface area (Å²) in [5, 5.41) is 2.83. The highest BCUT2D eigenvalue weighted by Crippen LogP contribution is 2.25. The quantitative estimate of drug-likeness (QED) is 0.855. The molecule has 2 aromatic rings. The van der Waals surface area contributed by atoms with Gasteiger partial charge in [0.2, 0.25) is 5.91 Å². The van der Waals surface area contributed by atoms with Crippen molar-refractivity contribution in [1.82, 2.24) is 15.2 Å². The Hall–Kier alpha value is -2.80. The van der Waals surface area contributed by atoms with Crippen LogP contribution in [0.2, 0.25) is 0 Å². The molecule has 25 heavy (non-hydrogen) atoms. The van der Waals surface area contributed by atoms with Gasteiger partial charge in [0.25, 0.3) is 0 Å². The van der Waals surface area contributed by atoms with Crippen LogP contribution in [0.4, 0.5) is 4.39 Å². The Bertz CT molecular complexity index is 779. The monoisotopic (exact) mass is 343 g/mol. The third-order valence-electron chi connectivity index (χ3n) is 4.06. The topological polar surface area (TPSA) is 71.5 Å². The summed E-state index contributed by atoms with van der Waals surface area (Å²) in [5.41, 5.74) is 1.59.